The zero-order valence-electron chi connectivity index (χ0n) is 12.6. The Morgan fingerprint density at radius 1 is 1.15 bits per heavy atom. The molecule has 4 heteroatoms. The van der Waals surface area contributed by atoms with E-state index in [1.807, 2.05) is 27.0 Å². The Balaban J connectivity index is 2.76. The fourth-order valence-electron chi connectivity index (χ4n) is 2.56. The highest BCUT2D eigenvalue weighted by atomic mass is 19.1. The van der Waals surface area contributed by atoms with Gasteiger partial charge in [0.2, 0.25) is 0 Å². The second-order valence-corrected chi connectivity index (χ2v) is 5.33. The smallest absolute Gasteiger partial charge is 0.133 e. The van der Waals surface area contributed by atoms with Crippen LogP contribution in [0.25, 0.3) is 11.3 Å². The molecule has 1 N–H and O–H groups in total. The van der Waals surface area contributed by atoms with E-state index in [2.05, 4.69) is 29.1 Å². The van der Waals surface area contributed by atoms with Crippen molar-refractivity contribution in [2.24, 2.45) is 0 Å². The van der Waals surface area contributed by atoms with Crippen molar-refractivity contribution < 1.29 is 4.39 Å². The number of halogens is 1. The summed E-state index contributed by atoms with van der Waals surface area (Å²) < 4.78 is 14.4. The first-order chi connectivity index (χ1) is 9.45. The largest absolute Gasteiger partial charge is 0.373 e. The third-order valence-corrected chi connectivity index (χ3v) is 3.37. The molecule has 1 aromatic carbocycles. The lowest BCUT2D eigenvalue weighted by Gasteiger charge is -2.17. The number of hydrogen-bond acceptors (Lipinski definition) is 3. The van der Waals surface area contributed by atoms with Crippen LogP contribution in [-0.2, 0) is 0 Å². The number of aromatic nitrogens is 2. The zero-order chi connectivity index (χ0) is 14.9. The van der Waals surface area contributed by atoms with Gasteiger partial charge in [-0.3, -0.25) is 0 Å². The fourth-order valence-corrected chi connectivity index (χ4v) is 2.56. The first-order valence-corrected chi connectivity index (χ1v) is 6.75. The monoisotopic (exact) mass is 273 g/mol. The van der Waals surface area contributed by atoms with Crippen molar-refractivity contribution in [3.8, 4) is 11.3 Å². The molecule has 2 rings (SSSR count). The lowest BCUT2D eigenvalue weighted by molar-refractivity contribution is 0.627. The van der Waals surface area contributed by atoms with Gasteiger partial charge in [-0.05, 0) is 37.0 Å². The molecule has 0 fully saturated rings. The van der Waals surface area contributed by atoms with Crippen molar-refractivity contribution in [2.45, 2.75) is 33.6 Å². The second kappa shape index (κ2) is 5.57. The molecule has 2 aromatic rings. The van der Waals surface area contributed by atoms with Gasteiger partial charge >= 0.3 is 0 Å². The Morgan fingerprint density at radius 3 is 2.40 bits per heavy atom. The molecule has 0 unspecified atom stereocenters. The highest BCUT2D eigenvalue weighted by Gasteiger charge is 2.19. The molecule has 0 saturated heterocycles. The maximum Gasteiger partial charge on any atom is 0.133 e. The third kappa shape index (κ3) is 2.50. The van der Waals surface area contributed by atoms with Crippen LogP contribution in [0, 0.1) is 19.7 Å². The van der Waals surface area contributed by atoms with Crippen LogP contribution in [0.3, 0.4) is 0 Å². The summed E-state index contributed by atoms with van der Waals surface area (Å²) in [6, 6.07) is 3.53. The van der Waals surface area contributed by atoms with Crippen LogP contribution in [-0.4, -0.2) is 17.0 Å². The van der Waals surface area contributed by atoms with E-state index in [9.17, 15) is 4.39 Å². The molecule has 3 nitrogen and oxygen atoms in total. The maximum absolute atomic E-state index is 14.4. The lowest BCUT2D eigenvalue weighted by Crippen LogP contribution is -2.06. The van der Waals surface area contributed by atoms with Crippen LogP contribution in [0.1, 0.15) is 36.5 Å². The van der Waals surface area contributed by atoms with E-state index in [4.69, 9.17) is 0 Å². The molecule has 0 radical (unpaired) electrons. The summed E-state index contributed by atoms with van der Waals surface area (Å²) in [5.74, 6) is 0.725. The number of nitrogens with one attached hydrogen (secondary N) is 1. The van der Waals surface area contributed by atoms with Crippen LogP contribution in [0.5, 0.6) is 0 Å². The van der Waals surface area contributed by atoms with E-state index in [0.29, 0.717) is 11.3 Å². The number of nitrogens with zero attached hydrogens (tertiary/aromatic N) is 2. The highest BCUT2D eigenvalue weighted by Crippen LogP contribution is 2.35. The average Bonchev–Trinajstić information content (AvgIpc) is 2.36. The third-order valence-electron chi connectivity index (χ3n) is 3.37. The molecular formula is C16H20FN3. The van der Waals surface area contributed by atoms with Crippen molar-refractivity contribution in [3.05, 3.63) is 41.0 Å². The van der Waals surface area contributed by atoms with Crippen LogP contribution in [0.2, 0.25) is 0 Å². The Hall–Kier alpha value is -1.97. The summed E-state index contributed by atoms with van der Waals surface area (Å²) >= 11 is 0. The molecule has 0 saturated carbocycles. The molecule has 0 aliphatic carbocycles. The molecule has 0 atom stereocenters. The molecule has 20 heavy (non-hydrogen) atoms. The highest BCUT2D eigenvalue weighted by molar-refractivity contribution is 5.72. The van der Waals surface area contributed by atoms with Gasteiger partial charge in [0.25, 0.3) is 0 Å². The van der Waals surface area contributed by atoms with E-state index < -0.39 is 0 Å². The van der Waals surface area contributed by atoms with Crippen LogP contribution >= 0.6 is 0 Å². The Kier molecular flexibility index (Phi) is 4.02. The van der Waals surface area contributed by atoms with Crippen LogP contribution in [0.4, 0.5) is 10.2 Å². The van der Waals surface area contributed by atoms with E-state index >= 15 is 0 Å². The quantitative estimate of drug-likeness (QED) is 0.916. The minimum Gasteiger partial charge on any atom is -0.373 e. The number of benzene rings is 1. The number of anilines is 1. The average molecular weight is 273 g/mol. The van der Waals surface area contributed by atoms with Crippen molar-refractivity contribution in [1.29, 1.82) is 0 Å². The van der Waals surface area contributed by atoms with Crippen molar-refractivity contribution >= 4 is 5.82 Å². The summed E-state index contributed by atoms with van der Waals surface area (Å²) in [5.41, 5.74) is 4.00. The molecule has 1 heterocycles. The maximum atomic E-state index is 14.4. The molecule has 106 valence electrons. The van der Waals surface area contributed by atoms with Crippen molar-refractivity contribution in [3.63, 3.8) is 0 Å². The first-order valence-electron chi connectivity index (χ1n) is 6.75. The standard InChI is InChI=1S/C16H20FN3/c1-9(2)13-15(19-8-20-16(13)18-5)14-11(4)6-10(3)7-12(14)17/h6-9H,1-5H3,(H,18,19,20). The number of hydrogen-bond donors (Lipinski definition) is 1. The molecular weight excluding hydrogens is 253 g/mol. The summed E-state index contributed by atoms with van der Waals surface area (Å²) in [5, 5.41) is 3.06. The summed E-state index contributed by atoms with van der Waals surface area (Å²) in [6.07, 6.45) is 1.48. The van der Waals surface area contributed by atoms with Crippen molar-refractivity contribution in [1.82, 2.24) is 9.97 Å². The SMILES string of the molecule is CNc1ncnc(-c2c(C)cc(C)cc2F)c1C(C)C. The van der Waals surface area contributed by atoms with E-state index in [1.165, 1.54) is 6.33 Å². The summed E-state index contributed by atoms with van der Waals surface area (Å²) in [7, 11) is 1.82. The lowest BCUT2D eigenvalue weighted by atomic mass is 9.93. The van der Waals surface area contributed by atoms with E-state index in [1.54, 1.807) is 6.07 Å². The van der Waals surface area contributed by atoms with Crippen LogP contribution < -0.4 is 5.32 Å². The fraction of sp³-hybridized carbons (Fsp3) is 0.375. The van der Waals surface area contributed by atoms with Gasteiger partial charge < -0.3 is 5.32 Å². The van der Waals surface area contributed by atoms with Gasteiger partial charge in [0.1, 0.15) is 18.0 Å². The minimum absolute atomic E-state index is 0.203. The van der Waals surface area contributed by atoms with Gasteiger partial charge in [0.05, 0.1) is 5.69 Å². The molecule has 0 amide bonds. The normalized spacial score (nSPS) is 10.9. The Bertz CT molecular complexity index is 613. The molecule has 0 spiro atoms. The van der Waals surface area contributed by atoms with Gasteiger partial charge in [-0.2, -0.15) is 0 Å². The second-order valence-electron chi connectivity index (χ2n) is 5.33. The molecule has 0 bridgehead atoms. The van der Waals surface area contributed by atoms with Gasteiger partial charge in [0.15, 0.2) is 0 Å². The summed E-state index contributed by atoms with van der Waals surface area (Å²) in [4.78, 5) is 8.58. The van der Waals surface area contributed by atoms with Gasteiger partial charge in [0, 0.05) is 18.2 Å². The predicted molar refractivity (Wildman–Crippen MR) is 80.5 cm³/mol. The van der Waals surface area contributed by atoms with Gasteiger partial charge in [-0.15, -0.1) is 0 Å². The number of aryl methyl sites for hydroxylation is 2. The van der Waals surface area contributed by atoms with Crippen LogP contribution in [0.15, 0.2) is 18.5 Å². The Morgan fingerprint density at radius 2 is 1.85 bits per heavy atom. The zero-order valence-corrected chi connectivity index (χ0v) is 12.6. The molecule has 0 aliphatic rings. The van der Waals surface area contributed by atoms with E-state index in [0.717, 1.165) is 22.5 Å². The predicted octanol–water partition coefficient (Wildman–Crippen LogP) is 4.06. The topological polar surface area (TPSA) is 37.8 Å². The minimum atomic E-state index is -0.231. The van der Waals surface area contributed by atoms with E-state index in [-0.39, 0.29) is 11.7 Å². The van der Waals surface area contributed by atoms with Gasteiger partial charge in [-0.1, -0.05) is 19.9 Å². The van der Waals surface area contributed by atoms with Gasteiger partial charge in [-0.25, -0.2) is 14.4 Å². The molecule has 1 aromatic heterocycles. The first kappa shape index (κ1) is 14.4. The van der Waals surface area contributed by atoms with Crippen molar-refractivity contribution in [2.75, 3.05) is 12.4 Å². The summed E-state index contributed by atoms with van der Waals surface area (Å²) in [6.45, 7) is 7.92. The number of rotatable bonds is 3. The Labute approximate surface area is 119 Å². The molecule has 0 aliphatic heterocycles.